The third kappa shape index (κ3) is 4.36. The lowest BCUT2D eigenvalue weighted by Crippen LogP contribution is -2.32. The minimum Gasteiger partial charge on any atom is -0.382 e. The van der Waals surface area contributed by atoms with Crippen LogP contribution in [0, 0.1) is 6.92 Å². The molecular weight excluding hydrogens is 482 g/mol. The van der Waals surface area contributed by atoms with Crippen molar-refractivity contribution in [2.75, 3.05) is 5.32 Å². The quantitative estimate of drug-likeness (QED) is 0.324. The van der Waals surface area contributed by atoms with Crippen LogP contribution >= 0.6 is 0 Å². The summed E-state index contributed by atoms with van der Waals surface area (Å²) in [4.78, 5) is 9.24. The van der Waals surface area contributed by atoms with Gasteiger partial charge in [-0.3, -0.25) is 4.98 Å². The molecule has 1 fully saturated rings. The lowest BCUT2D eigenvalue weighted by Gasteiger charge is -2.28. The first-order valence-corrected chi connectivity index (χ1v) is 14.0. The van der Waals surface area contributed by atoms with E-state index < -0.39 is 10.0 Å². The predicted molar refractivity (Wildman–Crippen MR) is 148 cm³/mol. The zero-order valence-electron chi connectivity index (χ0n) is 20.6. The summed E-state index contributed by atoms with van der Waals surface area (Å²) in [5, 5.41) is 5.48. The molecule has 0 atom stereocenters. The molecule has 6 rings (SSSR count). The van der Waals surface area contributed by atoms with Crippen molar-refractivity contribution in [3.8, 4) is 11.1 Å². The van der Waals surface area contributed by atoms with Crippen molar-refractivity contribution in [2.24, 2.45) is 5.73 Å². The highest BCUT2D eigenvalue weighted by Gasteiger charge is 2.23. The first kappa shape index (κ1) is 23.6. The van der Waals surface area contributed by atoms with Crippen LogP contribution < -0.4 is 11.1 Å². The van der Waals surface area contributed by atoms with Crippen molar-refractivity contribution in [1.29, 1.82) is 0 Å². The Labute approximate surface area is 216 Å². The first-order chi connectivity index (χ1) is 17.9. The van der Waals surface area contributed by atoms with Gasteiger partial charge in [0, 0.05) is 52.7 Å². The smallest absolute Gasteiger partial charge is 0.269 e. The SMILES string of the molecule is Cc1ccc(S(=O)(=O)n2cc(-c3ccc4nccc(N[C@H]5CC[C@H](N)CC5)c4c3)c3cccnc32)cc1. The Morgan fingerprint density at radius 3 is 2.49 bits per heavy atom. The van der Waals surface area contributed by atoms with Gasteiger partial charge >= 0.3 is 0 Å². The Bertz CT molecular complexity index is 1700. The van der Waals surface area contributed by atoms with E-state index in [-0.39, 0.29) is 4.90 Å². The lowest BCUT2D eigenvalue weighted by atomic mass is 9.91. The van der Waals surface area contributed by atoms with Crippen LogP contribution in [0.2, 0.25) is 0 Å². The second kappa shape index (κ2) is 9.28. The number of nitrogens with zero attached hydrogens (tertiary/aromatic N) is 3. The maximum absolute atomic E-state index is 13.6. The second-order valence-electron chi connectivity index (χ2n) is 9.88. The third-order valence-electron chi connectivity index (χ3n) is 7.29. The number of hydrogen-bond acceptors (Lipinski definition) is 6. The molecule has 1 aliphatic carbocycles. The fraction of sp³-hybridized carbons (Fsp3) is 0.241. The summed E-state index contributed by atoms with van der Waals surface area (Å²) in [6.07, 6.45) is 9.25. The highest BCUT2D eigenvalue weighted by molar-refractivity contribution is 7.90. The molecule has 3 aromatic heterocycles. The molecule has 0 amide bonds. The highest BCUT2D eigenvalue weighted by atomic mass is 32.2. The van der Waals surface area contributed by atoms with Crippen molar-refractivity contribution < 1.29 is 8.42 Å². The van der Waals surface area contributed by atoms with Gasteiger partial charge in [0.2, 0.25) is 0 Å². The third-order valence-corrected chi connectivity index (χ3v) is 8.96. The molecule has 0 unspecified atom stereocenters. The molecule has 188 valence electrons. The van der Waals surface area contributed by atoms with Gasteiger partial charge in [0.1, 0.15) is 0 Å². The molecule has 0 spiro atoms. The monoisotopic (exact) mass is 511 g/mol. The lowest BCUT2D eigenvalue weighted by molar-refractivity contribution is 0.411. The molecule has 0 bridgehead atoms. The number of aryl methyl sites for hydroxylation is 1. The summed E-state index contributed by atoms with van der Waals surface area (Å²) in [5.74, 6) is 0. The van der Waals surface area contributed by atoms with Crippen LogP contribution in [0.4, 0.5) is 5.69 Å². The number of nitrogens with one attached hydrogen (secondary N) is 1. The molecule has 8 heteroatoms. The number of nitrogens with two attached hydrogens (primary N) is 1. The van der Waals surface area contributed by atoms with E-state index in [1.807, 2.05) is 43.5 Å². The molecule has 2 aromatic carbocycles. The van der Waals surface area contributed by atoms with Gasteiger partial charge in [-0.2, -0.15) is 0 Å². The highest BCUT2D eigenvalue weighted by Crippen LogP contribution is 2.35. The molecular formula is C29H29N5O2S. The molecule has 37 heavy (non-hydrogen) atoms. The molecule has 1 saturated carbocycles. The van der Waals surface area contributed by atoms with Crippen LogP contribution in [0.15, 0.2) is 84.1 Å². The summed E-state index contributed by atoms with van der Waals surface area (Å²) in [6.45, 7) is 1.93. The Morgan fingerprint density at radius 2 is 1.70 bits per heavy atom. The molecule has 3 N–H and O–H groups in total. The van der Waals surface area contributed by atoms with E-state index >= 15 is 0 Å². The van der Waals surface area contributed by atoms with Crippen molar-refractivity contribution in [3.05, 3.63) is 84.8 Å². The summed E-state index contributed by atoms with van der Waals surface area (Å²) in [6, 6.07) is 19.4. The van der Waals surface area contributed by atoms with Crippen LogP contribution in [0.5, 0.6) is 0 Å². The van der Waals surface area contributed by atoms with Crippen LogP contribution in [-0.2, 0) is 10.0 Å². The van der Waals surface area contributed by atoms with Gasteiger partial charge < -0.3 is 11.1 Å². The predicted octanol–water partition coefficient (Wildman–Crippen LogP) is 5.48. The van der Waals surface area contributed by atoms with Crippen LogP contribution in [0.1, 0.15) is 31.2 Å². The zero-order chi connectivity index (χ0) is 25.6. The van der Waals surface area contributed by atoms with Crippen LogP contribution in [0.25, 0.3) is 33.1 Å². The second-order valence-corrected chi connectivity index (χ2v) is 11.7. The summed E-state index contributed by atoms with van der Waals surface area (Å²) in [5.41, 5.74) is 11.1. The van der Waals surface area contributed by atoms with Crippen LogP contribution in [-0.4, -0.2) is 34.4 Å². The average molecular weight is 512 g/mol. The minimum atomic E-state index is -3.82. The largest absolute Gasteiger partial charge is 0.382 e. The molecule has 3 heterocycles. The van der Waals surface area contributed by atoms with E-state index in [2.05, 4.69) is 21.4 Å². The number of fused-ring (bicyclic) bond motifs is 2. The molecule has 0 saturated heterocycles. The fourth-order valence-electron chi connectivity index (χ4n) is 5.19. The molecule has 5 aromatic rings. The molecule has 0 radical (unpaired) electrons. The van der Waals surface area contributed by atoms with Gasteiger partial charge in [0.15, 0.2) is 5.65 Å². The van der Waals surface area contributed by atoms with Gasteiger partial charge in [0.25, 0.3) is 10.0 Å². The van der Waals surface area contributed by atoms with Gasteiger partial charge in [-0.05, 0) is 80.6 Å². The normalized spacial score (nSPS) is 18.3. The fourth-order valence-corrected chi connectivity index (χ4v) is 6.52. The summed E-state index contributed by atoms with van der Waals surface area (Å²) in [7, 11) is -3.82. The minimum absolute atomic E-state index is 0.230. The van der Waals surface area contributed by atoms with E-state index in [1.54, 1.807) is 36.7 Å². The van der Waals surface area contributed by atoms with E-state index in [0.29, 0.717) is 17.7 Å². The Kier molecular flexibility index (Phi) is 5.93. The number of pyridine rings is 2. The topological polar surface area (TPSA) is 103 Å². The zero-order valence-corrected chi connectivity index (χ0v) is 21.4. The average Bonchev–Trinajstić information content (AvgIpc) is 3.31. The van der Waals surface area contributed by atoms with Crippen molar-refractivity contribution >= 4 is 37.6 Å². The maximum Gasteiger partial charge on any atom is 0.269 e. The number of rotatable bonds is 5. The van der Waals surface area contributed by atoms with Crippen molar-refractivity contribution in [2.45, 2.75) is 49.6 Å². The Hall–Kier alpha value is -3.75. The van der Waals surface area contributed by atoms with Gasteiger partial charge in [-0.15, -0.1) is 0 Å². The number of anilines is 1. The van der Waals surface area contributed by atoms with E-state index in [9.17, 15) is 8.42 Å². The Morgan fingerprint density at radius 1 is 0.919 bits per heavy atom. The maximum atomic E-state index is 13.6. The summed E-state index contributed by atoms with van der Waals surface area (Å²) < 4.78 is 28.5. The van der Waals surface area contributed by atoms with Gasteiger partial charge in [-0.25, -0.2) is 17.4 Å². The van der Waals surface area contributed by atoms with Crippen LogP contribution in [0.3, 0.4) is 0 Å². The Balaban J connectivity index is 1.45. The van der Waals surface area contributed by atoms with Crippen molar-refractivity contribution in [3.63, 3.8) is 0 Å². The number of hydrogen-bond donors (Lipinski definition) is 2. The molecule has 7 nitrogen and oxygen atoms in total. The number of aromatic nitrogens is 3. The van der Waals surface area contributed by atoms with Gasteiger partial charge in [0.05, 0.1) is 10.4 Å². The molecule has 1 aliphatic rings. The van der Waals surface area contributed by atoms with E-state index in [0.717, 1.165) is 64.4 Å². The van der Waals surface area contributed by atoms with Crippen molar-refractivity contribution in [1.82, 2.24) is 13.9 Å². The standard InChI is InChI=1S/C29H29N5O2S/c1-19-4-11-23(12-5-19)37(35,36)34-18-26(24-3-2-15-32-29(24)34)20-6-13-27-25(17-20)28(14-16-31-27)33-22-9-7-21(30)8-10-22/h2-6,11-18,21-22H,7-10,30H2,1H3,(H,31,33)/t21-,22-. The van der Waals surface area contributed by atoms with E-state index in [4.69, 9.17) is 5.73 Å². The summed E-state index contributed by atoms with van der Waals surface area (Å²) >= 11 is 0. The first-order valence-electron chi connectivity index (χ1n) is 12.6. The molecule has 0 aliphatic heterocycles. The van der Waals surface area contributed by atoms with Gasteiger partial charge in [-0.1, -0.05) is 23.8 Å². The van der Waals surface area contributed by atoms with E-state index in [1.165, 1.54) is 3.97 Å². The number of benzene rings is 2.